The third-order valence-corrected chi connectivity index (χ3v) is 4.84. The maximum atomic E-state index is 5.89. The van der Waals surface area contributed by atoms with Gasteiger partial charge in [-0.15, -0.1) is 0 Å². The molecule has 1 aliphatic carbocycles. The Kier molecular flexibility index (Phi) is 2.94. The molecule has 1 saturated carbocycles. The molecule has 3 heteroatoms. The van der Waals surface area contributed by atoms with E-state index in [1.54, 1.807) is 0 Å². The summed E-state index contributed by atoms with van der Waals surface area (Å²) >= 11 is 0. The lowest BCUT2D eigenvalue weighted by atomic mass is 10.1. The van der Waals surface area contributed by atoms with Crippen LogP contribution >= 0.6 is 0 Å². The SMILES string of the molecule is NCC1(CN2CCCN3CCCC3C2)CC1. The highest BCUT2D eigenvalue weighted by Gasteiger charge is 2.43. The van der Waals surface area contributed by atoms with Gasteiger partial charge in [-0.3, -0.25) is 4.90 Å². The van der Waals surface area contributed by atoms with Crippen LogP contribution in [0.1, 0.15) is 32.1 Å². The van der Waals surface area contributed by atoms with Gasteiger partial charge < -0.3 is 10.6 Å². The van der Waals surface area contributed by atoms with E-state index in [9.17, 15) is 0 Å². The van der Waals surface area contributed by atoms with Crippen LogP contribution in [-0.2, 0) is 0 Å². The van der Waals surface area contributed by atoms with Crippen LogP contribution in [0.2, 0.25) is 0 Å². The van der Waals surface area contributed by atoms with Crippen LogP contribution in [0.25, 0.3) is 0 Å². The number of rotatable bonds is 3. The van der Waals surface area contributed by atoms with Crippen molar-refractivity contribution in [2.45, 2.75) is 38.1 Å². The van der Waals surface area contributed by atoms with E-state index in [2.05, 4.69) is 9.80 Å². The summed E-state index contributed by atoms with van der Waals surface area (Å²) in [6.07, 6.45) is 6.94. The van der Waals surface area contributed by atoms with E-state index in [4.69, 9.17) is 5.73 Å². The van der Waals surface area contributed by atoms with Crippen molar-refractivity contribution in [3.63, 3.8) is 0 Å². The Hall–Kier alpha value is -0.120. The fourth-order valence-corrected chi connectivity index (χ4v) is 3.50. The van der Waals surface area contributed by atoms with Crippen LogP contribution in [0, 0.1) is 5.41 Å². The van der Waals surface area contributed by atoms with Crippen LogP contribution in [0.5, 0.6) is 0 Å². The van der Waals surface area contributed by atoms with Gasteiger partial charge in [0, 0.05) is 19.1 Å². The molecule has 16 heavy (non-hydrogen) atoms. The Morgan fingerprint density at radius 3 is 2.69 bits per heavy atom. The zero-order chi connectivity index (χ0) is 11.0. The molecule has 3 aliphatic rings. The van der Waals surface area contributed by atoms with Crippen molar-refractivity contribution < 1.29 is 0 Å². The molecule has 2 heterocycles. The quantitative estimate of drug-likeness (QED) is 0.771. The summed E-state index contributed by atoms with van der Waals surface area (Å²) in [5.41, 5.74) is 6.42. The number of nitrogens with two attached hydrogens (primary N) is 1. The molecule has 92 valence electrons. The molecule has 0 radical (unpaired) electrons. The van der Waals surface area contributed by atoms with Gasteiger partial charge in [-0.05, 0) is 63.7 Å². The van der Waals surface area contributed by atoms with Gasteiger partial charge in [0.2, 0.25) is 0 Å². The summed E-state index contributed by atoms with van der Waals surface area (Å²) in [4.78, 5) is 5.41. The first-order valence-electron chi connectivity index (χ1n) is 6.98. The third-order valence-electron chi connectivity index (χ3n) is 4.84. The number of fused-ring (bicyclic) bond motifs is 1. The number of hydrogen-bond donors (Lipinski definition) is 1. The van der Waals surface area contributed by atoms with Crippen LogP contribution in [0.15, 0.2) is 0 Å². The topological polar surface area (TPSA) is 32.5 Å². The summed E-state index contributed by atoms with van der Waals surface area (Å²) in [6.45, 7) is 7.46. The number of nitrogens with zero attached hydrogens (tertiary/aromatic N) is 2. The van der Waals surface area contributed by atoms with Gasteiger partial charge in [-0.2, -0.15) is 0 Å². The molecule has 0 aromatic carbocycles. The Balaban J connectivity index is 1.58. The molecule has 0 spiro atoms. The lowest BCUT2D eigenvalue weighted by molar-refractivity contribution is 0.193. The van der Waals surface area contributed by atoms with Crippen molar-refractivity contribution >= 4 is 0 Å². The van der Waals surface area contributed by atoms with Crippen LogP contribution in [0.4, 0.5) is 0 Å². The summed E-state index contributed by atoms with van der Waals surface area (Å²) in [5, 5.41) is 0. The van der Waals surface area contributed by atoms with E-state index in [1.165, 1.54) is 64.8 Å². The first-order chi connectivity index (χ1) is 7.81. The first kappa shape index (κ1) is 11.0. The summed E-state index contributed by atoms with van der Waals surface area (Å²) < 4.78 is 0. The van der Waals surface area contributed by atoms with Crippen LogP contribution < -0.4 is 5.73 Å². The fraction of sp³-hybridized carbons (Fsp3) is 1.00. The average molecular weight is 223 g/mol. The maximum Gasteiger partial charge on any atom is 0.0223 e. The molecule has 0 bridgehead atoms. The Labute approximate surface area is 99.0 Å². The second kappa shape index (κ2) is 4.28. The molecular weight excluding hydrogens is 198 g/mol. The largest absolute Gasteiger partial charge is 0.330 e. The maximum absolute atomic E-state index is 5.89. The number of hydrogen-bond acceptors (Lipinski definition) is 3. The zero-order valence-corrected chi connectivity index (χ0v) is 10.3. The van der Waals surface area contributed by atoms with Crippen molar-refractivity contribution in [3.05, 3.63) is 0 Å². The lowest BCUT2D eigenvalue weighted by Crippen LogP contribution is -2.40. The van der Waals surface area contributed by atoms with E-state index in [0.29, 0.717) is 5.41 Å². The summed E-state index contributed by atoms with van der Waals surface area (Å²) in [7, 11) is 0. The van der Waals surface area contributed by atoms with Gasteiger partial charge in [0.05, 0.1) is 0 Å². The first-order valence-corrected chi connectivity index (χ1v) is 6.98. The van der Waals surface area contributed by atoms with Crippen molar-refractivity contribution in [1.29, 1.82) is 0 Å². The Bertz CT molecular complexity index is 250. The Morgan fingerprint density at radius 2 is 1.94 bits per heavy atom. The minimum atomic E-state index is 0.522. The van der Waals surface area contributed by atoms with Gasteiger partial charge in [0.15, 0.2) is 0 Å². The van der Waals surface area contributed by atoms with Gasteiger partial charge in [-0.25, -0.2) is 0 Å². The van der Waals surface area contributed by atoms with E-state index >= 15 is 0 Å². The molecular formula is C13H25N3. The minimum absolute atomic E-state index is 0.522. The van der Waals surface area contributed by atoms with E-state index < -0.39 is 0 Å². The highest BCUT2D eigenvalue weighted by Crippen LogP contribution is 2.45. The van der Waals surface area contributed by atoms with Crippen LogP contribution in [0.3, 0.4) is 0 Å². The second-order valence-electron chi connectivity index (χ2n) is 6.12. The molecule has 1 atom stereocenters. The molecule has 1 unspecified atom stereocenters. The van der Waals surface area contributed by atoms with Crippen molar-refractivity contribution in [2.24, 2.45) is 11.1 Å². The summed E-state index contributed by atoms with van der Waals surface area (Å²) in [6, 6.07) is 0.857. The molecule has 2 N–H and O–H groups in total. The molecule has 0 amide bonds. The average Bonchev–Trinajstić information content (AvgIpc) is 2.98. The second-order valence-corrected chi connectivity index (χ2v) is 6.12. The molecule has 0 aromatic heterocycles. The zero-order valence-electron chi connectivity index (χ0n) is 10.3. The molecule has 3 fully saturated rings. The summed E-state index contributed by atoms with van der Waals surface area (Å²) in [5.74, 6) is 0. The van der Waals surface area contributed by atoms with Gasteiger partial charge >= 0.3 is 0 Å². The predicted octanol–water partition coefficient (Wildman–Crippen LogP) is 0.895. The van der Waals surface area contributed by atoms with Gasteiger partial charge in [0.25, 0.3) is 0 Å². The van der Waals surface area contributed by atoms with Gasteiger partial charge in [-0.1, -0.05) is 0 Å². The molecule has 2 aliphatic heterocycles. The minimum Gasteiger partial charge on any atom is -0.330 e. The Morgan fingerprint density at radius 1 is 1.12 bits per heavy atom. The standard InChI is InChI=1S/C13H25N3/c14-10-13(4-5-13)11-15-6-2-8-16-7-1-3-12(16)9-15/h12H,1-11,14H2. The van der Waals surface area contributed by atoms with Crippen LogP contribution in [-0.4, -0.2) is 55.1 Å². The fourth-order valence-electron chi connectivity index (χ4n) is 3.50. The van der Waals surface area contributed by atoms with Crippen molar-refractivity contribution in [3.8, 4) is 0 Å². The monoisotopic (exact) mass is 223 g/mol. The van der Waals surface area contributed by atoms with Gasteiger partial charge in [0.1, 0.15) is 0 Å². The van der Waals surface area contributed by atoms with E-state index in [1.807, 2.05) is 0 Å². The lowest BCUT2D eigenvalue weighted by Gasteiger charge is -2.28. The van der Waals surface area contributed by atoms with E-state index in [-0.39, 0.29) is 0 Å². The highest BCUT2D eigenvalue weighted by atomic mass is 15.3. The van der Waals surface area contributed by atoms with E-state index in [0.717, 1.165) is 12.6 Å². The molecule has 3 rings (SSSR count). The van der Waals surface area contributed by atoms with Crippen molar-refractivity contribution in [2.75, 3.05) is 39.3 Å². The predicted molar refractivity (Wildman–Crippen MR) is 66.4 cm³/mol. The molecule has 2 saturated heterocycles. The third kappa shape index (κ3) is 2.13. The normalized spacial score (nSPS) is 34.7. The smallest absolute Gasteiger partial charge is 0.0223 e. The van der Waals surface area contributed by atoms with Crippen molar-refractivity contribution in [1.82, 2.24) is 9.80 Å². The molecule has 3 nitrogen and oxygen atoms in total. The molecule has 0 aromatic rings. The highest BCUT2D eigenvalue weighted by molar-refractivity contribution is 4.97.